The lowest BCUT2D eigenvalue weighted by atomic mass is 9.96. The minimum Gasteiger partial charge on any atom is -0.480 e. The highest BCUT2D eigenvalue weighted by atomic mass is 16.4. The number of carbonyl (C=O) groups excluding carboxylic acids is 1. The van der Waals surface area contributed by atoms with E-state index in [0.717, 1.165) is 19.3 Å². The highest BCUT2D eigenvalue weighted by molar-refractivity contribution is 5.86. The molecule has 1 aliphatic rings. The molecule has 0 saturated heterocycles. The van der Waals surface area contributed by atoms with Crippen LogP contribution in [0, 0.1) is 5.92 Å². The van der Waals surface area contributed by atoms with Crippen molar-refractivity contribution >= 4 is 12.0 Å². The van der Waals surface area contributed by atoms with Gasteiger partial charge in [0.25, 0.3) is 0 Å². The highest BCUT2D eigenvalue weighted by Gasteiger charge is 2.49. The van der Waals surface area contributed by atoms with Crippen molar-refractivity contribution in [1.29, 1.82) is 0 Å². The van der Waals surface area contributed by atoms with Crippen LogP contribution in [0.4, 0.5) is 4.79 Å². The zero-order valence-corrected chi connectivity index (χ0v) is 11.0. The Bertz CT molecular complexity index is 311. The molecule has 0 heterocycles. The van der Waals surface area contributed by atoms with E-state index in [1.807, 2.05) is 6.92 Å². The maximum Gasteiger partial charge on any atom is 0.329 e. The zero-order valence-electron chi connectivity index (χ0n) is 11.0. The summed E-state index contributed by atoms with van der Waals surface area (Å²) in [5.74, 6) is -0.990. The van der Waals surface area contributed by atoms with E-state index in [0.29, 0.717) is 6.54 Å². The van der Waals surface area contributed by atoms with Crippen LogP contribution in [-0.4, -0.2) is 52.3 Å². The Morgan fingerprint density at radius 3 is 2.39 bits per heavy atom. The standard InChI is InChI=1S/C12H22N2O4/c1-3-6-14(7-8-15)11(18)13-12(2,10(16)17)9-4-5-9/h9,15H,3-8H2,1-2H3,(H,13,18)(H,16,17). The first-order valence-corrected chi connectivity index (χ1v) is 6.37. The summed E-state index contributed by atoms with van der Waals surface area (Å²) in [4.78, 5) is 24.8. The molecule has 0 bridgehead atoms. The summed E-state index contributed by atoms with van der Waals surface area (Å²) < 4.78 is 0. The molecule has 0 aromatic carbocycles. The minimum absolute atomic E-state index is 0.0107. The molecule has 0 aliphatic heterocycles. The summed E-state index contributed by atoms with van der Waals surface area (Å²) >= 11 is 0. The second kappa shape index (κ2) is 6.04. The predicted octanol–water partition coefficient (Wildman–Crippen LogP) is 0.654. The molecule has 1 rings (SSSR count). The van der Waals surface area contributed by atoms with Gasteiger partial charge in [0.2, 0.25) is 0 Å². The fourth-order valence-corrected chi connectivity index (χ4v) is 2.00. The SMILES string of the molecule is CCCN(CCO)C(=O)NC(C)(C(=O)O)C1CC1. The van der Waals surface area contributed by atoms with Crippen LogP contribution < -0.4 is 5.32 Å². The Balaban J connectivity index is 2.67. The van der Waals surface area contributed by atoms with Crippen LogP contribution in [0.1, 0.15) is 33.1 Å². The van der Waals surface area contributed by atoms with Crippen LogP contribution in [0.3, 0.4) is 0 Å². The Labute approximate surface area is 107 Å². The number of amides is 2. The van der Waals surface area contributed by atoms with Gasteiger partial charge in [-0.05, 0) is 32.1 Å². The maximum atomic E-state index is 12.0. The Kier molecular flexibility index (Phi) is 4.95. The van der Waals surface area contributed by atoms with Crippen molar-refractivity contribution in [1.82, 2.24) is 10.2 Å². The number of aliphatic hydroxyl groups is 1. The van der Waals surface area contributed by atoms with Crippen LogP contribution in [-0.2, 0) is 4.79 Å². The predicted molar refractivity (Wildman–Crippen MR) is 66.2 cm³/mol. The number of aliphatic carboxylic acids is 1. The smallest absolute Gasteiger partial charge is 0.329 e. The number of urea groups is 1. The molecule has 1 atom stereocenters. The summed E-state index contributed by atoms with van der Waals surface area (Å²) in [5, 5.41) is 20.8. The average molecular weight is 258 g/mol. The Morgan fingerprint density at radius 2 is 2.00 bits per heavy atom. The Hall–Kier alpha value is -1.30. The number of carboxylic acid groups (broad SMARTS) is 1. The third kappa shape index (κ3) is 3.35. The zero-order chi connectivity index (χ0) is 13.8. The number of carboxylic acids is 1. The number of aliphatic hydroxyl groups excluding tert-OH is 1. The first kappa shape index (κ1) is 14.8. The molecular weight excluding hydrogens is 236 g/mol. The normalized spacial score (nSPS) is 17.9. The van der Waals surface area contributed by atoms with Crippen LogP contribution in [0.15, 0.2) is 0 Å². The molecule has 1 unspecified atom stereocenters. The van der Waals surface area contributed by atoms with Gasteiger partial charge < -0.3 is 20.4 Å². The number of nitrogens with one attached hydrogen (secondary N) is 1. The summed E-state index contributed by atoms with van der Waals surface area (Å²) in [5.41, 5.74) is -1.20. The van der Waals surface area contributed by atoms with Crippen LogP contribution >= 0.6 is 0 Å². The van der Waals surface area contributed by atoms with Gasteiger partial charge in [0.15, 0.2) is 0 Å². The van der Waals surface area contributed by atoms with E-state index in [9.17, 15) is 14.7 Å². The van der Waals surface area contributed by atoms with E-state index < -0.39 is 17.5 Å². The van der Waals surface area contributed by atoms with E-state index in [4.69, 9.17) is 5.11 Å². The van der Waals surface area contributed by atoms with E-state index in [-0.39, 0.29) is 19.1 Å². The van der Waals surface area contributed by atoms with Crippen LogP contribution in [0.2, 0.25) is 0 Å². The van der Waals surface area contributed by atoms with Crippen molar-refractivity contribution in [3.05, 3.63) is 0 Å². The largest absolute Gasteiger partial charge is 0.480 e. The fourth-order valence-electron chi connectivity index (χ4n) is 2.00. The van der Waals surface area contributed by atoms with Gasteiger partial charge in [0.1, 0.15) is 5.54 Å². The molecule has 6 heteroatoms. The van der Waals surface area contributed by atoms with Gasteiger partial charge in [-0.2, -0.15) is 0 Å². The summed E-state index contributed by atoms with van der Waals surface area (Å²) in [6.07, 6.45) is 2.42. The molecule has 3 N–H and O–H groups in total. The lowest BCUT2D eigenvalue weighted by Gasteiger charge is -2.30. The monoisotopic (exact) mass is 258 g/mol. The fraction of sp³-hybridized carbons (Fsp3) is 0.833. The first-order chi connectivity index (χ1) is 8.45. The van der Waals surface area contributed by atoms with Gasteiger partial charge in [0.05, 0.1) is 6.61 Å². The maximum absolute atomic E-state index is 12.0. The second-order valence-corrected chi connectivity index (χ2v) is 4.92. The molecule has 1 saturated carbocycles. The van der Waals surface area contributed by atoms with E-state index in [1.165, 1.54) is 4.90 Å². The molecule has 2 amide bonds. The highest BCUT2D eigenvalue weighted by Crippen LogP contribution is 2.39. The van der Waals surface area contributed by atoms with Gasteiger partial charge in [-0.3, -0.25) is 0 Å². The van der Waals surface area contributed by atoms with Crippen LogP contribution in [0.25, 0.3) is 0 Å². The number of hydrogen-bond donors (Lipinski definition) is 3. The molecule has 1 fully saturated rings. The van der Waals surface area contributed by atoms with Gasteiger partial charge >= 0.3 is 12.0 Å². The van der Waals surface area contributed by atoms with Gasteiger partial charge in [0, 0.05) is 13.1 Å². The average Bonchev–Trinajstić information content (AvgIpc) is 3.12. The summed E-state index contributed by atoms with van der Waals surface area (Å²) in [7, 11) is 0. The van der Waals surface area contributed by atoms with Gasteiger partial charge in [-0.1, -0.05) is 6.92 Å². The first-order valence-electron chi connectivity index (χ1n) is 6.37. The molecule has 0 spiro atoms. The van der Waals surface area contributed by atoms with Crippen molar-refractivity contribution in [3.8, 4) is 0 Å². The molecule has 0 radical (unpaired) electrons. The third-order valence-corrected chi connectivity index (χ3v) is 3.36. The molecule has 1 aliphatic carbocycles. The quantitative estimate of drug-likeness (QED) is 0.625. The lowest BCUT2D eigenvalue weighted by molar-refractivity contribution is -0.144. The molecule has 0 aromatic heterocycles. The van der Waals surface area contributed by atoms with Gasteiger partial charge in [-0.15, -0.1) is 0 Å². The molecule has 6 nitrogen and oxygen atoms in total. The molecule has 18 heavy (non-hydrogen) atoms. The van der Waals surface area contributed by atoms with Crippen molar-refractivity contribution in [2.24, 2.45) is 5.92 Å². The van der Waals surface area contributed by atoms with Crippen molar-refractivity contribution in [2.75, 3.05) is 19.7 Å². The molecule has 104 valence electrons. The number of carbonyl (C=O) groups is 2. The van der Waals surface area contributed by atoms with E-state index in [1.54, 1.807) is 6.92 Å². The van der Waals surface area contributed by atoms with E-state index >= 15 is 0 Å². The minimum atomic E-state index is -1.20. The van der Waals surface area contributed by atoms with Gasteiger partial charge in [-0.25, -0.2) is 9.59 Å². The van der Waals surface area contributed by atoms with Crippen molar-refractivity contribution in [2.45, 2.75) is 38.6 Å². The van der Waals surface area contributed by atoms with Crippen LogP contribution in [0.5, 0.6) is 0 Å². The summed E-state index contributed by atoms with van der Waals surface area (Å²) in [6, 6.07) is -0.414. The number of nitrogens with zero attached hydrogens (tertiary/aromatic N) is 1. The molecule has 0 aromatic rings. The topological polar surface area (TPSA) is 89.9 Å². The Morgan fingerprint density at radius 1 is 1.39 bits per heavy atom. The van der Waals surface area contributed by atoms with Crippen molar-refractivity contribution < 1.29 is 19.8 Å². The summed E-state index contributed by atoms with van der Waals surface area (Å²) in [6.45, 7) is 4.08. The molecular formula is C12H22N2O4. The number of hydrogen-bond acceptors (Lipinski definition) is 3. The van der Waals surface area contributed by atoms with Crippen molar-refractivity contribution in [3.63, 3.8) is 0 Å². The van der Waals surface area contributed by atoms with E-state index in [2.05, 4.69) is 5.32 Å². The number of rotatable bonds is 7. The third-order valence-electron chi connectivity index (χ3n) is 3.36. The second-order valence-electron chi connectivity index (χ2n) is 4.92. The lowest BCUT2D eigenvalue weighted by Crippen LogP contribution is -2.57.